The van der Waals surface area contributed by atoms with Crippen molar-refractivity contribution >= 4 is 11.8 Å². The van der Waals surface area contributed by atoms with Gasteiger partial charge >= 0.3 is 0 Å². The van der Waals surface area contributed by atoms with Gasteiger partial charge in [0.25, 0.3) is 5.91 Å². The Hall–Kier alpha value is -3.80. The predicted octanol–water partition coefficient (Wildman–Crippen LogP) is 4.17. The first-order chi connectivity index (χ1) is 16.5. The summed E-state index contributed by atoms with van der Waals surface area (Å²) in [7, 11) is 3.10. The maximum absolute atomic E-state index is 13.8. The van der Waals surface area contributed by atoms with Crippen LogP contribution < -0.4 is 14.8 Å². The Labute approximate surface area is 199 Å². The Morgan fingerprint density at radius 1 is 1.00 bits per heavy atom. The molecule has 34 heavy (non-hydrogen) atoms. The first-order valence-electron chi connectivity index (χ1n) is 11.5. The van der Waals surface area contributed by atoms with Gasteiger partial charge in [-0.2, -0.15) is 0 Å². The fourth-order valence-corrected chi connectivity index (χ4v) is 5.14. The van der Waals surface area contributed by atoms with Crippen molar-refractivity contribution in [2.45, 2.75) is 31.8 Å². The van der Waals surface area contributed by atoms with Crippen molar-refractivity contribution < 1.29 is 19.1 Å². The summed E-state index contributed by atoms with van der Waals surface area (Å²) in [4.78, 5) is 29.3. The molecule has 0 aromatic heterocycles. The quantitative estimate of drug-likeness (QED) is 0.626. The molecule has 0 unspecified atom stereocenters. The summed E-state index contributed by atoms with van der Waals surface area (Å²) in [6.45, 7) is 3.02. The highest BCUT2D eigenvalue weighted by atomic mass is 16.5. The normalized spacial score (nSPS) is 18.4. The van der Waals surface area contributed by atoms with Crippen LogP contribution >= 0.6 is 0 Å². The number of aryl methyl sites for hydroxylation is 1. The first-order valence-corrected chi connectivity index (χ1v) is 11.5. The number of fused-ring (bicyclic) bond motifs is 4. The SMILES string of the molecule is COc1cc2c(cc1OC)[C@H](C(=O)NCc1ccc(C)cc1)[C@@H]1c3ccccc3CCN1C2=O. The lowest BCUT2D eigenvalue weighted by Gasteiger charge is -2.45. The van der Waals surface area contributed by atoms with Crippen LogP contribution in [0.3, 0.4) is 0 Å². The van der Waals surface area contributed by atoms with Crippen LogP contribution in [-0.4, -0.2) is 37.5 Å². The van der Waals surface area contributed by atoms with Crippen LogP contribution in [0.25, 0.3) is 0 Å². The van der Waals surface area contributed by atoms with Crippen LogP contribution in [0.5, 0.6) is 11.5 Å². The molecule has 2 heterocycles. The summed E-state index contributed by atoms with van der Waals surface area (Å²) in [5.74, 6) is 0.206. The smallest absolute Gasteiger partial charge is 0.254 e. The van der Waals surface area contributed by atoms with Gasteiger partial charge in [-0.25, -0.2) is 0 Å². The molecule has 3 aromatic carbocycles. The molecule has 2 aliphatic rings. The fraction of sp³-hybridized carbons (Fsp3) is 0.286. The third-order valence-corrected chi connectivity index (χ3v) is 6.90. The first kappa shape index (κ1) is 22.0. The van der Waals surface area contributed by atoms with E-state index >= 15 is 0 Å². The molecule has 0 saturated carbocycles. The van der Waals surface area contributed by atoms with Gasteiger partial charge in [-0.3, -0.25) is 9.59 Å². The number of methoxy groups -OCH3 is 2. The molecular weight excluding hydrogens is 428 g/mol. The van der Waals surface area contributed by atoms with Gasteiger partial charge in [0.15, 0.2) is 11.5 Å². The van der Waals surface area contributed by atoms with Crippen LogP contribution in [0.1, 0.15) is 50.1 Å². The van der Waals surface area contributed by atoms with Crippen LogP contribution in [0.15, 0.2) is 60.7 Å². The van der Waals surface area contributed by atoms with E-state index in [1.54, 1.807) is 26.4 Å². The molecule has 2 aliphatic heterocycles. The molecule has 5 rings (SSSR count). The second-order valence-corrected chi connectivity index (χ2v) is 8.87. The van der Waals surface area contributed by atoms with Crippen molar-refractivity contribution in [2.24, 2.45) is 0 Å². The number of hydrogen-bond donors (Lipinski definition) is 1. The highest BCUT2D eigenvalue weighted by Crippen LogP contribution is 2.48. The fourth-order valence-electron chi connectivity index (χ4n) is 5.14. The number of ether oxygens (including phenoxy) is 2. The Morgan fingerprint density at radius 3 is 2.44 bits per heavy atom. The third-order valence-electron chi connectivity index (χ3n) is 6.90. The molecule has 2 amide bonds. The van der Waals surface area contributed by atoms with Crippen molar-refractivity contribution in [1.82, 2.24) is 10.2 Å². The minimum atomic E-state index is -0.570. The van der Waals surface area contributed by atoms with E-state index in [-0.39, 0.29) is 17.9 Å². The molecule has 1 N–H and O–H groups in total. The molecule has 0 aliphatic carbocycles. The summed E-state index contributed by atoms with van der Waals surface area (Å²) in [5, 5.41) is 3.12. The van der Waals surface area contributed by atoms with E-state index in [1.807, 2.05) is 54.3 Å². The average molecular weight is 457 g/mol. The summed E-state index contributed by atoms with van der Waals surface area (Å²) >= 11 is 0. The number of nitrogens with one attached hydrogen (secondary N) is 1. The van der Waals surface area contributed by atoms with E-state index < -0.39 is 5.92 Å². The van der Waals surface area contributed by atoms with Gasteiger partial charge in [0.05, 0.1) is 26.2 Å². The van der Waals surface area contributed by atoms with Gasteiger partial charge < -0.3 is 19.7 Å². The summed E-state index contributed by atoms with van der Waals surface area (Å²) in [6.07, 6.45) is 0.763. The molecule has 0 saturated heterocycles. The molecule has 174 valence electrons. The number of amides is 2. The number of nitrogens with zero attached hydrogens (tertiary/aromatic N) is 1. The van der Waals surface area contributed by atoms with Gasteiger partial charge in [-0.05, 0) is 47.7 Å². The van der Waals surface area contributed by atoms with Crippen LogP contribution in [0.4, 0.5) is 0 Å². The zero-order valence-corrected chi connectivity index (χ0v) is 19.6. The van der Waals surface area contributed by atoms with Crippen LogP contribution in [-0.2, 0) is 17.8 Å². The zero-order chi connectivity index (χ0) is 23.8. The lowest BCUT2D eigenvalue weighted by atomic mass is 9.75. The number of benzene rings is 3. The molecule has 6 heteroatoms. The molecular formula is C28H28N2O4. The van der Waals surface area contributed by atoms with E-state index in [0.29, 0.717) is 35.7 Å². The number of carbonyl (C=O) groups excluding carboxylic acids is 2. The van der Waals surface area contributed by atoms with E-state index in [9.17, 15) is 9.59 Å². The van der Waals surface area contributed by atoms with Gasteiger partial charge in [-0.15, -0.1) is 0 Å². The second kappa shape index (κ2) is 8.86. The average Bonchev–Trinajstić information content (AvgIpc) is 2.87. The molecule has 0 bridgehead atoms. The van der Waals surface area contributed by atoms with Crippen molar-refractivity contribution in [3.8, 4) is 11.5 Å². The van der Waals surface area contributed by atoms with E-state index in [2.05, 4.69) is 11.4 Å². The standard InChI is InChI=1S/C28H28N2O4/c1-17-8-10-18(11-9-17)16-29-27(31)25-21-14-23(33-2)24(34-3)15-22(21)28(32)30-13-12-19-6-4-5-7-20(19)26(25)30/h4-11,14-15,25-26H,12-13,16H2,1-3H3,(H,29,31)/t25-,26-/m0/s1. The van der Waals surface area contributed by atoms with E-state index in [4.69, 9.17) is 9.47 Å². The number of rotatable bonds is 5. The lowest BCUT2D eigenvalue weighted by Crippen LogP contribution is -2.50. The Bertz CT molecular complexity index is 1250. The lowest BCUT2D eigenvalue weighted by molar-refractivity contribution is -0.124. The van der Waals surface area contributed by atoms with Gasteiger partial charge in [0.1, 0.15) is 0 Å². The maximum atomic E-state index is 13.8. The van der Waals surface area contributed by atoms with Gasteiger partial charge in [-0.1, -0.05) is 54.1 Å². The minimum absolute atomic E-state index is 0.0851. The highest BCUT2D eigenvalue weighted by molar-refractivity contribution is 6.02. The minimum Gasteiger partial charge on any atom is -0.493 e. The van der Waals surface area contributed by atoms with Crippen LogP contribution in [0.2, 0.25) is 0 Å². The summed E-state index contributed by atoms with van der Waals surface area (Å²) in [6, 6.07) is 19.3. The van der Waals surface area contributed by atoms with Gasteiger partial charge in [0.2, 0.25) is 5.91 Å². The Balaban J connectivity index is 1.60. The van der Waals surface area contributed by atoms with Crippen molar-refractivity contribution in [3.05, 3.63) is 94.0 Å². The largest absolute Gasteiger partial charge is 0.493 e. The monoisotopic (exact) mass is 456 g/mol. The van der Waals surface area contributed by atoms with Gasteiger partial charge in [0, 0.05) is 18.7 Å². The molecule has 6 nitrogen and oxygen atoms in total. The second-order valence-electron chi connectivity index (χ2n) is 8.87. The zero-order valence-electron chi connectivity index (χ0n) is 19.6. The number of hydrogen-bond acceptors (Lipinski definition) is 4. The molecule has 0 fully saturated rings. The van der Waals surface area contributed by atoms with Crippen molar-refractivity contribution in [3.63, 3.8) is 0 Å². The Morgan fingerprint density at radius 2 is 1.71 bits per heavy atom. The Kier molecular flexibility index (Phi) is 5.74. The summed E-state index contributed by atoms with van der Waals surface area (Å²) in [5.41, 5.74) is 5.56. The molecule has 2 atom stereocenters. The maximum Gasteiger partial charge on any atom is 0.254 e. The molecule has 0 radical (unpaired) electrons. The third kappa shape index (κ3) is 3.69. The van der Waals surface area contributed by atoms with E-state index in [1.165, 1.54) is 11.1 Å². The molecule has 3 aromatic rings. The highest BCUT2D eigenvalue weighted by Gasteiger charge is 2.46. The molecule has 0 spiro atoms. The topological polar surface area (TPSA) is 67.9 Å². The summed E-state index contributed by atoms with van der Waals surface area (Å²) < 4.78 is 11.0. The predicted molar refractivity (Wildman–Crippen MR) is 129 cm³/mol. The van der Waals surface area contributed by atoms with Crippen molar-refractivity contribution in [1.29, 1.82) is 0 Å². The van der Waals surface area contributed by atoms with E-state index in [0.717, 1.165) is 17.5 Å². The number of carbonyl (C=O) groups is 2. The van der Waals surface area contributed by atoms with Crippen molar-refractivity contribution in [2.75, 3.05) is 20.8 Å². The van der Waals surface area contributed by atoms with Crippen LogP contribution in [0, 0.1) is 6.92 Å².